The molecule has 0 spiro atoms. The van der Waals surface area contributed by atoms with Crippen LogP contribution in [0.3, 0.4) is 0 Å². The molecule has 0 N–H and O–H groups in total. The van der Waals surface area contributed by atoms with Crippen molar-refractivity contribution in [2.45, 2.75) is 11.8 Å². The first kappa shape index (κ1) is 12.4. The quantitative estimate of drug-likeness (QED) is 0.487. The second kappa shape index (κ2) is 4.94. The van der Waals surface area contributed by atoms with Crippen molar-refractivity contribution in [3.63, 3.8) is 0 Å². The van der Waals surface area contributed by atoms with Crippen LogP contribution in [-0.4, -0.2) is 9.91 Å². The number of aromatic nitrogens is 1. The van der Waals surface area contributed by atoms with Gasteiger partial charge in [0.25, 0.3) is 6.43 Å². The number of halogens is 3. The topological polar surface area (TPSA) is 79.8 Å². The van der Waals surface area contributed by atoms with E-state index in [1.165, 1.54) is 6.07 Å². The van der Waals surface area contributed by atoms with Crippen LogP contribution in [-0.2, 0) is 5.33 Å². The molecule has 0 fully saturated rings. The Labute approximate surface area is 97.0 Å². The second-order valence-corrected chi connectivity index (χ2v) is 3.27. The van der Waals surface area contributed by atoms with Gasteiger partial charge in [0.2, 0.25) is 5.69 Å². The Morgan fingerprint density at radius 2 is 2.31 bits per heavy atom. The summed E-state index contributed by atoms with van der Waals surface area (Å²) >= 11 is 2.94. The zero-order valence-electron chi connectivity index (χ0n) is 7.65. The summed E-state index contributed by atoms with van der Waals surface area (Å²) in [5.74, 6) is 0. The lowest BCUT2D eigenvalue weighted by molar-refractivity contribution is -0.386. The smallest absolute Gasteiger partial charge is 0.258 e. The fraction of sp³-hybridized carbons (Fsp3) is 0.250. The summed E-state index contributed by atoms with van der Waals surface area (Å²) in [6.07, 6.45) is -2.87. The largest absolute Gasteiger partial charge is 0.309 e. The van der Waals surface area contributed by atoms with E-state index in [1.54, 1.807) is 0 Å². The van der Waals surface area contributed by atoms with Crippen LogP contribution in [0.4, 0.5) is 14.5 Å². The van der Waals surface area contributed by atoms with Gasteiger partial charge >= 0.3 is 5.69 Å². The highest BCUT2D eigenvalue weighted by molar-refractivity contribution is 9.08. The van der Waals surface area contributed by atoms with Crippen molar-refractivity contribution < 1.29 is 13.7 Å². The van der Waals surface area contributed by atoms with Gasteiger partial charge in [0.1, 0.15) is 11.8 Å². The van der Waals surface area contributed by atoms with Crippen molar-refractivity contribution in [2.24, 2.45) is 0 Å². The van der Waals surface area contributed by atoms with Gasteiger partial charge in [0, 0.05) is 10.9 Å². The van der Waals surface area contributed by atoms with Crippen LogP contribution in [0.25, 0.3) is 0 Å². The highest BCUT2D eigenvalue weighted by atomic mass is 79.9. The highest BCUT2D eigenvalue weighted by Gasteiger charge is 2.24. The van der Waals surface area contributed by atoms with Gasteiger partial charge in [-0.05, 0) is 6.07 Å². The summed E-state index contributed by atoms with van der Waals surface area (Å²) in [6.45, 7) is 0. The summed E-state index contributed by atoms with van der Waals surface area (Å²) in [5, 5.41) is 19.3. The summed E-state index contributed by atoms with van der Waals surface area (Å²) < 4.78 is 24.8. The average Bonchev–Trinajstić information content (AvgIpc) is 2.26. The van der Waals surface area contributed by atoms with Crippen LogP contribution in [0.5, 0.6) is 0 Å². The van der Waals surface area contributed by atoms with E-state index in [2.05, 4.69) is 20.9 Å². The van der Waals surface area contributed by atoms with Crippen LogP contribution < -0.4 is 0 Å². The van der Waals surface area contributed by atoms with Gasteiger partial charge in [-0.2, -0.15) is 5.26 Å². The molecule has 0 aliphatic carbocycles. The number of nitro groups is 1. The molecule has 5 nitrogen and oxygen atoms in total. The monoisotopic (exact) mass is 291 g/mol. The number of nitriles is 1. The first-order valence-corrected chi connectivity index (χ1v) is 5.05. The van der Waals surface area contributed by atoms with E-state index in [9.17, 15) is 18.9 Å². The third-order valence-corrected chi connectivity index (χ3v) is 2.35. The molecule has 0 atom stereocenters. The van der Waals surface area contributed by atoms with Gasteiger partial charge in [-0.3, -0.25) is 10.1 Å². The molecule has 16 heavy (non-hydrogen) atoms. The van der Waals surface area contributed by atoms with Gasteiger partial charge in [0.05, 0.1) is 4.92 Å². The Morgan fingerprint density at radius 1 is 1.69 bits per heavy atom. The predicted octanol–water partition coefficient (Wildman–Crippen LogP) is 2.69. The molecule has 8 heteroatoms. The third-order valence-electron chi connectivity index (χ3n) is 1.75. The Bertz CT molecular complexity index is 473. The van der Waals surface area contributed by atoms with E-state index in [-0.39, 0.29) is 10.9 Å². The lowest BCUT2D eigenvalue weighted by Crippen LogP contribution is -2.03. The number of hydrogen-bond acceptors (Lipinski definition) is 4. The van der Waals surface area contributed by atoms with Crippen LogP contribution in [0.2, 0.25) is 0 Å². The van der Waals surface area contributed by atoms with Crippen molar-refractivity contribution >= 4 is 21.6 Å². The molecule has 0 saturated heterocycles. The number of rotatable bonds is 3. The van der Waals surface area contributed by atoms with Gasteiger partial charge in [-0.15, -0.1) is 0 Å². The van der Waals surface area contributed by atoms with Gasteiger partial charge in [0.15, 0.2) is 0 Å². The van der Waals surface area contributed by atoms with Crippen LogP contribution >= 0.6 is 15.9 Å². The lowest BCUT2D eigenvalue weighted by Gasteiger charge is -2.04. The van der Waals surface area contributed by atoms with Gasteiger partial charge < -0.3 is 0 Å². The number of pyridine rings is 1. The fourth-order valence-corrected chi connectivity index (χ4v) is 1.54. The van der Waals surface area contributed by atoms with Crippen LogP contribution in [0.15, 0.2) is 6.07 Å². The molecule has 0 amide bonds. The maximum absolute atomic E-state index is 12.4. The molecule has 1 aromatic heterocycles. The molecule has 1 heterocycles. The standard InChI is InChI=1S/C8H4BrF2N3O2/c9-2-4-1-5(8(10)11)13-6(3-12)7(4)14(15)16/h1,8H,2H2. The molecule has 0 aliphatic rings. The van der Waals surface area contributed by atoms with E-state index in [4.69, 9.17) is 5.26 Å². The van der Waals surface area contributed by atoms with E-state index >= 15 is 0 Å². The summed E-state index contributed by atoms with van der Waals surface area (Å²) in [4.78, 5) is 13.1. The average molecular weight is 292 g/mol. The summed E-state index contributed by atoms with van der Waals surface area (Å²) in [6, 6.07) is 2.36. The Morgan fingerprint density at radius 3 is 2.69 bits per heavy atom. The maximum atomic E-state index is 12.4. The number of nitrogens with zero attached hydrogens (tertiary/aromatic N) is 3. The lowest BCUT2D eigenvalue weighted by atomic mass is 10.1. The summed E-state index contributed by atoms with van der Waals surface area (Å²) in [7, 11) is 0. The first-order chi connectivity index (χ1) is 7.51. The van der Waals surface area contributed by atoms with E-state index < -0.39 is 28.4 Å². The van der Waals surface area contributed by atoms with E-state index in [0.717, 1.165) is 6.07 Å². The molecule has 84 valence electrons. The first-order valence-electron chi connectivity index (χ1n) is 3.93. The second-order valence-electron chi connectivity index (χ2n) is 2.71. The van der Waals surface area contributed by atoms with Crippen molar-refractivity contribution in [3.05, 3.63) is 33.1 Å². The normalized spacial score (nSPS) is 10.2. The van der Waals surface area contributed by atoms with Crippen LogP contribution in [0.1, 0.15) is 23.4 Å². The molecular weight excluding hydrogens is 288 g/mol. The molecular formula is C8H4BrF2N3O2. The number of alkyl halides is 3. The molecule has 0 bridgehead atoms. The van der Waals surface area contributed by atoms with Crippen molar-refractivity contribution in [3.8, 4) is 6.07 Å². The molecule has 0 aromatic carbocycles. The molecule has 1 aromatic rings. The zero-order chi connectivity index (χ0) is 12.3. The SMILES string of the molecule is N#Cc1nc(C(F)F)cc(CBr)c1[N+](=O)[O-]. The highest BCUT2D eigenvalue weighted by Crippen LogP contribution is 2.28. The predicted molar refractivity (Wildman–Crippen MR) is 53.2 cm³/mol. The van der Waals surface area contributed by atoms with E-state index in [0.29, 0.717) is 0 Å². The molecule has 0 saturated carbocycles. The number of hydrogen-bond donors (Lipinski definition) is 0. The Balaban J connectivity index is 3.51. The molecule has 0 unspecified atom stereocenters. The Hall–Kier alpha value is -1.62. The minimum absolute atomic E-state index is 0.000231. The van der Waals surface area contributed by atoms with Crippen molar-refractivity contribution in [2.75, 3.05) is 0 Å². The minimum Gasteiger partial charge on any atom is -0.258 e. The molecule has 0 aliphatic heterocycles. The van der Waals surface area contributed by atoms with Crippen LogP contribution in [0, 0.1) is 21.4 Å². The fourth-order valence-electron chi connectivity index (χ4n) is 1.11. The Kier molecular flexibility index (Phi) is 3.84. The maximum Gasteiger partial charge on any atom is 0.309 e. The van der Waals surface area contributed by atoms with E-state index in [1.807, 2.05) is 0 Å². The van der Waals surface area contributed by atoms with Gasteiger partial charge in [-0.25, -0.2) is 13.8 Å². The summed E-state index contributed by atoms with van der Waals surface area (Å²) in [5.41, 5.74) is -1.77. The molecule has 1 rings (SSSR count). The van der Waals surface area contributed by atoms with Gasteiger partial charge in [-0.1, -0.05) is 15.9 Å². The third kappa shape index (κ3) is 2.30. The van der Waals surface area contributed by atoms with Crippen molar-refractivity contribution in [1.29, 1.82) is 5.26 Å². The van der Waals surface area contributed by atoms with Crippen molar-refractivity contribution in [1.82, 2.24) is 4.98 Å². The minimum atomic E-state index is -2.87. The zero-order valence-corrected chi connectivity index (χ0v) is 9.24. The molecule has 0 radical (unpaired) electrons.